The van der Waals surface area contributed by atoms with Crippen LogP contribution in [0, 0.1) is 11.2 Å². The molecule has 0 unspecified atom stereocenters. The third kappa shape index (κ3) is 3.70. The zero-order chi connectivity index (χ0) is 13.9. The SMILES string of the molecule is COC(=O)CC1(CSc2ccc(F)cc2CN)CC1. The van der Waals surface area contributed by atoms with E-state index in [1.54, 1.807) is 17.8 Å². The van der Waals surface area contributed by atoms with Crippen molar-refractivity contribution in [2.75, 3.05) is 12.9 Å². The van der Waals surface area contributed by atoms with Gasteiger partial charge in [-0.05, 0) is 42.0 Å². The first-order valence-corrected chi connectivity index (χ1v) is 7.25. The van der Waals surface area contributed by atoms with Crippen molar-refractivity contribution in [2.45, 2.75) is 30.7 Å². The lowest BCUT2D eigenvalue weighted by Crippen LogP contribution is -2.13. The zero-order valence-electron chi connectivity index (χ0n) is 10.9. The second kappa shape index (κ2) is 5.92. The van der Waals surface area contributed by atoms with E-state index in [4.69, 9.17) is 10.5 Å². The molecule has 1 aromatic carbocycles. The van der Waals surface area contributed by atoms with Crippen LogP contribution in [0.15, 0.2) is 23.1 Å². The molecule has 0 heterocycles. The van der Waals surface area contributed by atoms with E-state index in [-0.39, 0.29) is 17.2 Å². The smallest absolute Gasteiger partial charge is 0.306 e. The molecule has 104 valence electrons. The van der Waals surface area contributed by atoms with Gasteiger partial charge in [0.25, 0.3) is 0 Å². The van der Waals surface area contributed by atoms with Crippen LogP contribution in [0.1, 0.15) is 24.8 Å². The van der Waals surface area contributed by atoms with Crippen LogP contribution in [0.2, 0.25) is 0 Å². The molecule has 3 nitrogen and oxygen atoms in total. The van der Waals surface area contributed by atoms with Crippen LogP contribution >= 0.6 is 11.8 Å². The van der Waals surface area contributed by atoms with E-state index in [2.05, 4.69) is 0 Å². The monoisotopic (exact) mass is 283 g/mol. The van der Waals surface area contributed by atoms with Gasteiger partial charge in [-0.1, -0.05) is 0 Å². The second-order valence-electron chi connectivity index (χ2n) is 5.00. The molecule has 19 heavy (non-hydrogen) atoms. The summed E-state index contributed by atoms with van der Waals surface area (Å²) in [6, 6.07) is 4.68. The number of carbonyl (C=O) groups is 1. The minimum absolute atomic E-state index is 0.0675. The van der Waals surface area contributed by atoms with Crippen molar-refractivity contribution < 1.29 is 13.9 Å². The molecule has 0 amide bonds. The number of benzene rings is 1. The van der Waals surface area contributed by atoms with Gasteiger partial charge in [-0.2, -0.15) is 0 Å². The number of hydrogen-bond acceptors (Lipinski definition) is 4. The van der Waals surface area contributed by atoms with E-state index in [1.165, 1.54) is 19.2 Å². The van der Waals surface area contributed by atoms with Gasteiger partial charge in [0.2, 0.25) is 0 Å². The van der Waals surface area contributed by atoms with Gasteiger partial charge in [-0.15, -0.1) is 11.8 Å². The van der Waals surface area contributed by atoms with Crippen LogP contribution < -0.4 is 5.73 Å². The Kier molecular flexibility index (Phi) is 4.47. The molecular weight excluding hydrogens is 265 g/mol. The lowest BCUT2D eigenvalue weighted by molar-refractivity contribution is -0.141. The molecular formula is C14H18FNO2S. The first kappa shape index (κ1) is 14.3. The lowest BCUT2D eigenvalue weighted by Gasteiger charge is -2.14. The van der Waals surface area contributed by atoms with Gasteiger partial charge < -0.3 is 10.5 Å². The summed E-state index contributed by atoms with van der Waals surface area (Å²) in [5.41, 5.74) is 6.51. The van der Waals surface area contributed by atoms with Gasteiger partial charge >= 0.3 is 5.97 Å². The van der Waals surface area contributed by atoms with Crippen LogP contribution in [0.25, 0.3) is 0 Å². The standard InChI is InChI=1S/C14H18FNO2S/c1-18-13(17)7-14(4-5-14)9-19-12-3-2-11(15)6-10(12)8-16/h2-3,6H,4-5,7-9,16H2,1H3. The van der Waals surface area contributed by atoms with E-state index in [0.29, 0.717) is 13.0 Å². The molecule has 0 atom stereocenters. The summed E-state index contributed by atoms with van der Waals surface area (Å²) in [6.45, 7) is 0.324. The fourth-order valence-electron chi connectivity index (χ4n) is 2.01. The normalized spacial score (nSPS) is 16.2. The Hall–Kier alpha value is -1.07. The maximum atomic E-state index is 13.1. The molecule has 0 aliphatic heterocycles. The van der Waals surface area contributed by atoms with Crippen LogP contribution in [0.5, 0.6) is 0 Å². The number of nitrogens with two attached hydrogens (primary N) is 1. The topological polar surface area (TPSA) is 52.3 Å². The first-order valence-electron chi connectivity index (χ1n) is 6.27. The molecule has 2 rings (SSSR count). The third-order valence-electron chi connectivity index (χ3n) is 3.48. The lowest BCUT2D eigenvalue weighted by atomic mass is 10.1. The summed E-state index contributed by atoms with van der Waals surface area (Å²) < 4.78 is 17.8. The number of rotatable bonds is 6. The molecule has 1 saturated carbocycles. The Labute approximate surface area is 116 Å². The second-order valence-corrected chi connectivity index (χ2v) is 6.01. The number of methoxy groups -OCH3 is 1. The Morgan fingerprint density at radius 2 is 2.26 bits per heavy atom. The van der Waals surface area contributed by atoms with Gasteiger partial charge in [0.15, 0.2) is 0 Å². The van der Waals surface area contributed by atoms with Gasteiger partial charge in [0.05, 0.1) is 13.5 Å². The molecule has 1 aliphatic rings. The summed E-state index contributed by atoms with van der Waals surface area (Å²) in [7, 11) is 1.41. The highest BCUT2D eigenvalue weighted by molar-refractivity contribution is 7.99. The van der Waals surface area contributed by atoms with Gasteiger partial charge in [-0.3, -0.25) is 4.79 Å². The molecule has 0 spiro atoms. The third-order valence-corrected chi connectivity index (χ3v) is 4.95. The average Bonchev–Trinajstić information content (AvgIpc) is 3.17. The van der Waals surface area contributed by atoms with E-state index in [0.717, 1.165) is 29.1 Å². The Morgan fingerprint density at radius 1 is 1.53 bits per heavy atom. The first-order chi connectivity index (χ1) is 9.08. The van der Waals surface area contributed by atoms with Gasteiger partial charge in [0.1, 0.15) is 5.82 Å². The molecule has 0 saturated heterocycles. The zero-order valence-corrected chi connectivity index (χ0v) is 11.8. The van der Waals surface area contributed by atoms with Crippen LogP contribution in [-0.4, -0.2) is 18.8 Å². The van der Waals surface area contributed by atoms with E-state index < -0.39 is 0 Å². The maximum Gasteiger partial charge on any atom is 0.306 e. The number of thioether (sulfide) groups is 1. The summed E-state index contributed by atoms with van der Waals surface area (Å²) in [5, 5.41) is 0. The van der Waals surface area contributed by atoms with Crippen molar-refractivity contribution in [1.29, 1.82) is 0 Å². The van der Waals surface area contributed by atoms with Gasteiger partial charge in [-0.25, -0.2) is 4.39 Å². The molecule has 1 aliphatic carbocycles. The van der Waals surface area contributed by atoms with E-state index in [9.17, 15) is 9.18 Å². The minimum Gasteiger partial charge on any atom is -0.469 e. The number of ether oxygens (including phenoxy) is 1. The van der Waals surface area contributed by atoms with E-state index in [1.807, 2.05) is 0 Å². The van der Waals surface area contributed by atoms with Crippen LogP contribution in [-0.2, 0) is 16.1 Å². The molecule has 1 aromatic rings. The predicted molar refractivity (Wildman–Crippen MR) is 73.3 cm³/mol. The Morgan fingerprint density at radius 3 is 2.84 bits per heavy atom. The van der Waals surface area contributed by atoms with Crippen molar-refractivity contribution in [2.24, 2.45) is 11.1 Å². The summed E-state index contributed by atoms with van der Waals surface area (Å²) >= 11 is 1.65. The van der Waals surface area contributed by atoms with Crippen molar-refractivity contribution >= 4 is 17.7 Å². The molecule has 0 radical (unpaired) electrons. The Balaban J connectivity index is 1.97. The minimum atomic E-state index is -0.263. The summed E-state index contributed by atoms with van der Waals surface area (Å²) in [4.78, 5) is 12.3. The average molecular weight is 283 g/mol. The number of carbonyl (C=O) groups excluding carboxylic acids is 1. The largest absolute Gasteiger partial charge is 0.469 e. The molecule has 5 heteroatoms. The number of esters is 1. The van der Waals surface area contributed by atoms with Crippen molar-refractivity contribution in [3.05, 3.63) is 29.6 Å². The van der Waals surface area contributed by atoms with E-state index >= 15 is 0 Å². The molecule has 0 bridgehead atoms. The molecule has 1 fully saturated rings. The van der Waals surface area contributed by atoms with Crippen molar-refractivity contribution in [1.82, 2.24) is 0 Å². The van der Waals surface area contributed by atoms with Gasteiger partial charge in [0, 0.05) is 17.2 Å². The van der Waals surface area contributed by atoms with Crippen molar-refractivity contribution in [3.8, 4) is 0 Å². The Bertz CT molecular complexity index is 475. The highest BCUT2D eigenvalue weighted by atomic mass is 32.2. The van der Waals surface area contributed by atoms with Crippen LogP contribution in [0.4, 0.5) is 4.39 Å². The fraction of sp³-hybridized carbons (Fsp3) is 0.500. The summed E-state index contributed by atoms with van der Waals surface area (Å²) in [6.07, 6.45) is 2.57. The quantitative estimate of drug-likeness (QED) is 0.644. The number of halogens is 1. The van der Waals surface area contributed by atoms with Crippen LogP contribution in [0.3, 0.4) is 0 Å². The predicted octanol–water partition coefficient (Wildman–Crippen LogP) is 2.72. The number of hydrogen-bond donors (Lipinski definition) is 1. The highest BCUT2D eigenvalue weighted by Gasteiger charge is 2.44. The summed E-state index contributed by atoms with van der Waals surface area (Å²) in [5.74, 6) is 0.428. The molecule has 0 aromatic heterocycles. The molecule has 2 N–H and O–H groups in total. The fourth-order valence-corrected chi connectivity index (χ4v) is 3.35. The highest BCUT2D eigenvalue weighted by Crippen LogP contribution is 2.52. The maximum absolute atomic E-state index is 13.1. The van der Waals surface area contributed by atoms with Crippen molar-refractivity contribution in [3.63, 3.8) is 0 Å².